The summed E-state index contributed by atoms with van der Waals surface area (Å²) in [6.07, 6.45) is 1.94. The Morgan fingerprint density at radius 2 is 2.00 bits per heavy atom. The minimum Gasteiger partial charge on any atom is -0.487 e. The van der Waals surface area contributed by atoms with Gasteiger partial charge in [0.2, 0.25) is 10.0 Å². The van der Waals surface area contributed by atoms with Crippen LogP contribution in [0.3, 0.4) is 0 Å². The Morgan fingerprint density at radius 3 is 2.72 bits per heavy atom. The normalized spacial score (nSPS) is 12.7. The second kappa shape index (κ2) is 8.18. The van der Waals surface area contributed by atoms with E-state index in [9.17, 15) is 12.8 Å². The van der Waals surface area contributed by atoms with Crippen molar-refractivity contribution in [1.29, 1.82) is 0 Å². The van der Waals surface area contributed by atoms with Crippen LogP contribution in [0, 0.1) is 12.7 Å². The Morgan fingerprint density at radius 1 is 1.24 bits per heavy atom. The van der Waals surface area contributed by atoms with Gasteiger partial charge >= 0.3 is 0 Å². The van der Waals surface area contributed by atoms with Crippen LogP contribution in [-0.2, 0) is 10.0 Å². The van der Waals surface area contributed by atoms with E-state index in [4.69, 9.17) is 10.5 Å². The van der Waals surface area contributed by atoms with E-state index in [1.165, 1.54) is 24.5 Å². The van der Waals surface area contributed by atoms with Gasteiger partial charge in [0.05, 0.1) is 17.5 Å². The highest BCUT2D eigenvalue weighted by Gasteiger charge is 2.14. The molecule has 4 N–H and O–H groups in total. The molecule has 8 nitrogen and oxygen atoms in total. The molecular formula is C19H22FN5O3S. The zero-order valence-corrected chi connectivity index (χ0v) is 17.0. The van der Waals surface area contributed by atoms with Gasteiger partial charge in [0.25, 0.3) is 0 Å². The molecule has 3 aromatic rings. The van der Waals surface area contributed by atoms with Crippen molar-refractivity contribution in [2.45, 2.75) is 20.0 Å². The molecule has 0 fully saturated rings. The van der Waals surface area contributed by atoms with Gasteiger partial charge in [0.1, 0.15) is 29.8 Å². The second-order valence-corrected chi connectivity index (χ2v) is 8.60. The number of nitrogens with zero attached hydrogens (tertiary/aromatic N) is 2. The van der Waals surface area contributed by atoms with Crippen molar-refractivity contribution in [2.75, 3.05) is 23.9 Å². The largest absolute Gasteiger partial charge is 0.487 e. The van der Waals surface area contributed by atoms with E-state index in [1.807, 2.05) is 13.0 Å². The molecule has 0 bridgehead atoms. The van der Waals surface area contributed by atoms with E-state index in [-0.39, 0.29) is 12.3 Å². The zero-order valence-electron chi connectivity index (χ0n) is 16.2. The van der Waals surface area contributed by atoms with Gasteiger partial charge in [0, 0.05) is 23.7 Å². The highest BCUT2D eigenvalue weighted by molar-refractivity contribution is 7.88. The summed E-state index contributed by atoms with van der Waals surface area (Å²) in [5.41, 5.74) is 8.53. The van der Waals surface area contributed by atoms with Crippen molar-refractivity contribution in [3.8, 4) is 5.75 Å². The van der Waals surface area contributed by atoms with Crippen LogP contribution in [0.5, 0.6) is 5.75 Å². The van der Waals surface area contributed by atoms with Crippen LogP contribution < -0.4 is 20.5 Å². The number of nitrogens with two attached hydrogens (primary N) is 1. The van der Waals surface area contributed by atoms with Gasteiger partial charge in [-0.25, -0.2) is 27.5 Å². The molecule has 1 atom stereocenters. The van der Waals surface area contributed by atoms with Crippen LogP contribution in [0.25, 0.3) is 10.9 Å². The lowest BCUT2D eigenvalue weighted by Gasteiger charge is -2.19. The standard InChI is InChI=1S/C19H22FN5O3S/c1-11-6-14(21)8-16-18(11)19(23-10-22-16)25-15-5-4-13(20)7-17(15)28-12(2)9-24-29(3,26)27/h4-8,10,12,24H,9,21H2,1-3H3,(H,22,23,25)/t12-/m0/s1. The van der Waals surface area contributed by atoms with Crippen LogP contribution in [0.1, 0.15) is 12.5 Å². The van der Waals surface area contributed by atoms with Crippen molar-refractivity contribution < 1.29 is 17.5 Å². The first-order chi connectivity index (χ1) is 13.6. The SMILES string of the molecule is Cc1cc(N)cc2ncnc(Nc3ccc(F)cc3O[C@@H](C)CNS(C)(=O)=O)c12. The lowest BCUT2D eigenvalue weighted by atomic mass is 10.1. The number of nitrogens with one attached hydrogen (secondary N) is 2. The van der Waals surface area contributed by atoms with E-state index in [2.05, 4.69) is 20.0 Å². The zero-order chi connectivity index (χ0) is 21.2. The molecule has 0 amide bonds. The Bertz CT molecular complexity index is 1150. The third-order valence-electron chi connectivity index (χ3n) is 4.12. The molecule has 2 aromatic carbocycles. The predicted molar refractivity (Wildman–Crippen MR) is 111 cm³/mol. The molecule has 1 heterocycles. The smallest absolute Gasteiger partial charge is 0.208 e. The number of benzene rings is 2. The summed E-state index contributed by atoms with van der Waals surface area (Å²) in [6, 6.07) is 7.62. The van der Waals surface area contributed by atoms with Gasteiger partial charge in [-0.1, -0.05) is 0 Å². The summed E-state index contributed by atoms with van der Waals surface area (Å²) in [7, 11) is -3.36. The van der Waals surface area contributed by atoms with Crippen molar-refractivity contribution in [2.24, 2.45) is 0 Å². The molecule has 0 aliphatic rings. The van der Waals surface area contributed by atoms with Gasteiger partial charge in [0.15, 0.2) is 0 Å². The molecule has 0 unspecified atom stereocenters. The molecule has 0 saturated heterocycles. The summed E-state index contributed by atoms with van der Waals surface area (Å²) in [5.74, 6) is 0.267. The van der Waals surface area contributed by atoms with Crippen LogP contribution >= 0.6 is 0 Å². The lowest BCUT2D eigenvalue weighted by Crippen LogP contribution is -2.32. The molecule has 29 heavy (non-hydrogen) atoms. The van der Waals surface area contributed by atoms with Gasteiger partial charge < -0.3 is 15.8 Å². The van der Waals surface area contributed by atoms with Gasteiger partial charge in [-0.05, 0) is 43.7 Å². The fourth-order valence-electron chi connectivity index (χ4n) is 2.87. The number of ether oxygens (including phenoxy) is 1. The maximum Gasteiger partial charge on any atom is 0.208 e. The summed E-state index contributed by atoms with van der Waals surface area (Å²) in [5, 5.41) is 3.94. The molecule has 10 heteroatoms. The molecular weight excluding hydrogens is 397 g/mol. The van der Waals surface area contributed by atoms with Gasteiger partial charge in [-0.3, -0.25) is 0 Å². The molecule has 154 valence electrons. The fourth-order valence-corrected chi connectivity index (χ4v) is 3.40. The highest BCUT2D eigenvalue weighted by atomic mass is 32.2. The number of fused-ring (bicyclic) bond motifs is 1. The van der Waals surface area contributed by atoms with Crippen LogP contribution in [0.2, 0.25) is 0 Å². The average Bonchev–Trinajstić information content (AvgIpc) is 2.61. The van der Waals surface area contributed by atoms with E-state index < -0.39 is 21.9 Å². The molecule has 0 saturated carbocycles. The monoisotopic (exact) mass is 419 g/mol. The Kier molecular flexibility index (Phi) is 5.85. The Labute approximate surface area is 168 Å². The molecule has 0 radical (unpaired) electrons. The van der Waals surface area contributed by atoms with Crippen molar-refractivity contribution >= 4 is 38.1 Å². The first kappa shape index (κ1) is 20.7. The number of nitrogen functional groups attached to an aromatic ring is 1. The molecule has 3 rings (SSSR count). The third-order valence-corrected chi connectivity index (χ3v) is 4.81. The van der Waals surface area contributed by atoms with Crippen LogP contribution in [0.15, 0.2) is 36.7 Å². The fraction of sp³-hybridized carbons (Fsp3) is 0.263. The van der Waals surface area contributed by atoms with E-state index in [0.29, 0.717) is 22.7 Å². The van der Waals surface area contributed by atoms with E-state index >= 15 is 0 Å². The quantitative estimate of drug-likeness (QED) is 0.504. The molecule has 0 aliphatic heterocycles. The topological polar surface area (TPSA) is 119 Å². The number of hydrogen-bond acceptors (Lipinski definition) is 7. The number of hydrogen-bond donors (Lipinski definition) is 3. The summed E-state index contributed by atoms with van der Waals surface area (Å²) < 4.78 is 44.5. The van der Waals surface area contributed by atoms with Crippen molar-refractivity contribution in [3.63, 3.8) is 0 Å². The predicted octanol–water partition coefficient (Wildman–Crippen LogP) is 2.72. The Hall–Kier alpha value is -2.98. The number of aryl methyl sites for hydroxylation is 1. The van der Waals surface area contributed by atoms with Crippen LogP contribution in [-0.4, -0.2) is 37.3 Å². The second-order valence-electron chi connectivity index (χ2n) is 6.77. The summed E-state index contributed by atoms with van der Waals surface area (Å²) in [6.45, 7) is 3.62. The van der Waals surface area contributed by atoms with Crippen molar-refractivity contribution in [1.82, 2.24) is 14.7 Å². The average molecular weight is 419 g/mol. The lowest BCUT2D eigenvalue weighted by molar-refractivity contribution is 0.225. The van der Waals surface area contributed by atoms with Gasteiger partial charge in [-0.2, -0.15) is 0 Å². The number of halogens is 1. The number of aromatic nitrogens is 2. The summed E-state index contributed by atoms with van der Waals surface area (Å²) in [4.78, 5) is 8.55. The maximum atomic E-state index is 13.8. The maximum absolute atomic E-state index is 13.8. The highest BCUT2D eigenvalue weighted by Crippen LogP contribution is 2.33. The van der Waals surface area contributed by atoms with E-state index in [0.717, 1.165) is 17.2 Å². The van der Waals surface area contributed by atoms with Crippen LogP contribution in [0.4, 0.5) is 21.6 Å². The number of sulfonamides is 1. The van der Waals surface area contributed by atoms with E-state index in [1.54, 1.807) is 13.0 Å². The minimum absolute atomic E-state index is 0.0452. The molecule has 0 aliphatic carbocycles. The molecule has 1 aromatic heterocycles. The van der Waals surface area contributed by atoms with Crippen molar-refractivity contribution in [3.05, 3.63) is 48.0 Å². The van der Waals surface area contributed by atoms with Gasteiger partial charge in [-0.15, -0.1) is 0 Å². The molecule has 0 spiro atoms. The minimum atomic E-state index is -3.36. The number of rotatable bonds is 7. The third kappa shape index (κ3) is 5.30. The first-order valence-corrected chi connectivity index (χ1v) is 10.7. The first-order valence-electron chi connectivity index (χ1n) is 8.81. The summed E-state index contributed by atoms with van der Waals surface area (Å²) >= 11 is 0. The number of anilines is 3. The Balaban J connectivity index is 1.92.